The standard InChI is InChI=1S/C3H6N2OS/c4-3-5-1-2(6)7-3/h2,6H,1H2,(H2,4,5). The molecular weight excluding hydrogens is 112 g/mol. The summed E-state index contributed by atoms with van der Waals surface area (Å²) in [5.74, 6) is 0. The highest BCUT2D eigenvalue weighted by Gasteiger charge is 2.12. The third-order valence-corrected chi connectivity index (χ3v) is 1.45. The number of hydrogen-bond acceptors (Lipinski definition) is 4. The Morgan fingerprint density at radius 3 is 2.86 bits per heavy atom. The quantitative estimate of drug-likeness (QED) is 0.445. The highest BCUT2D eigenvalue weighted by molar-refractivity contribution is 8.14. The van der Waals surface area contributed by atoms with Crippen molar-refractivity contribution in [3.8, 4) is 0 Å². The summed E-state index contributed by atoms with van der Waals surface area (Å²) in [6.07, 6.45) is 0. The molecule has 0 amide bonds. The third-order valence-electron chi connectivity index (χ3n) is 0.660. The lowest BCUT2D eigenvalue weighted by atomic mass is 10.7. The first kappa shape index (κ1) is 4.93. The number of nitrogens with two attached hydrogens (primary N) is 1. The van der Waals surface area contributed by atoms with Crippen LogP contribution in [0.4, 0.5) is 0 Å². The highest BCUT2D eigenvalue weighted by atomic mass is 32.2. The number of aliphatic hydroxyl groups is 1. The van der Waals surface area contributed by atoms with Gasteiger partial charge in [0.15, 0.2) is 5.17 Å². The number of amidine groups is 1. The number of rotatable bonds is 0. The van der Waals surface area contributed by atoms with E-state index < -0.39 is 0 Å². The number of hydrogen-bond donors (Lipinski definition) is 2. The Morgan fingerprint density at radius 2 is 2.71 bits per heavy atom. The first-order valence-electron chi connectivity index (χ1n) is 1.93. The van der Waals surface area contributed by atoms with Gasteiger partial charge in [-0.3, -0.25) is 4.99 Å². The molecule has 3 nitrogen and oxygen atoms in total. The summed E-state index contributed by atoms with van der Waals surface area (Å²) in [5.41, 5.74) is 4.79. The van der Waals surface area contributed by atoms with Crippen molar-refractivity contribution < 1.29 is 5.11 Å². The molecule has 0 spiro atoms. The van der Waals surface area contributed by atoms with Crippen LogP contribution in [0.5, 0.6) is 0 Å². The fourth-order valence-electron chi connectivity index (χ4n) is 0.382. The van der Waals surface area contributed by atoms with Crippen LogP contribution < -0.4 is 5.73 Å². The SMILES string of the molecule is NC1=NCC(O)S1. The average molecular weight is 118 g/mol. The molecule has 0 aromatic heterocycles. The van der Waals surface area contributed by atoms with Crippen molar-refractivity contribution in [2.75, 3.05) is 6.54 Å². The summed E-state index contributed by atoms with van der Waals surface area (Å²) < 4.78 is 0. The van der Waals surface area contributed by atoms with Gasteiger partial charge in [0, 0.05) is 0 Å². The maximum absolute atomic E-state index is 8.67. The van der Waals surface area contributed by atoms with Gasteiger partial charge in [0.05, 0.1) is 6.54 Å². The Labute approximate surface area is 45.6 Å². The van der Waals surface area contributed by atoms with Gasteiger partial charge in [-0.25, -0.2) is 0 Å². The molecule has 40 valence electrons. The van der Waals surface area contributed by atoms with Crippen LogP contribution in [-0.2, 0) is 0 Å². The van der Waals surface area contributed by atoms with Gasteiger partial charge in [0.2, 0.25) is 0 Å². The lowest BCUT2D eigenvalue weighted by molar-refractivity contribution is 0.276. The van der Waals surface area contributed by atoms with Crippen LogP contribution in [-0.4, -0.2) is 22.3 Å². The van der Waals surface area contributed by atoms with Crippen molar-refractivity contribution in [1.82, 2.24) is 0 Å². The van der Waals surface area contributed by atoms with Gasteiger partial charge in [-0.15, -0.1) is 0 Å². The van der Waals surface area contributed by atoms with E-state index in [1.54, 1.807) is 0 Å². The zero-order valence-corrected chi connectivity index (χ0v) is 4.48. The van der Waals surface area contributed by atoms with Crippen molar-refractivity contribution in [2.24, 2.45) is 10.7 Å². The number of aliphatic imine (C=N–C) groups is 1. The van der Waals surface area contributed by atoms with Gasteiger partial charge in [0.1, 0.15) is 5.44 Å². The zero-order valence-electron chi connectivity index (χ0n) is 3.66. The second-order valence-electron chi connectivity index (χ2n) is 1.25. The fraction of sp³-hybridized carbons (Fsp3) is 0.667. The molecule has 0 aliphatic carbocycles. The number of nitrogens with zero attached hydrogens (tertiary/aromatic N) is 1. The lowest BCUT2D eigenvalue weighted by Crippen LogP contribution is -2.04. The van der Waals surface area contributed by atoms with Crippen LogP contribution in [0, 0.1) is 0 Å². The van der Waals surface area contributed by atoms with Gasteiger partial charge >= 0.3 is 0 Å². The molecule has 0 aromatic rings. The topological polar surface area (TPSA) is 58.6 Å². The van der Waals surface area contributed by atoms with Crippen LogP contribution >= 0.6 is 11.8 Å². The van der Waals surface area contributed by atoms with E-state index in [0.29, 0.717) is 11.7 Å². The van der Waals surface area contributed by atoms with E-state index in [0.717, 1.165) is 0 Å². The Balaban J connectivity index is 2.42. The molecule has 1 aliphatic heterocycles. The van der Waals surface area contributed by atoms with Crippen molar-refractivity contribution in [3.63, 3.8) is 0 Å². The Morgan fingerprint density at radius 1 is 2.00 bits per heavy atom. The largest absolute Gasteiger partial charge is 0.380 e. The van der Waals surface area contributed by atoms with E-state index in [2.05, 4.69) is 4.99 Å². The molecular formula is C3H6N2OS. The Kier molecular flexibility index (Phi) is 1.21. The van der Waals surface area contributed by atoms with Crippen LogP contribution in [0.3, 0.4) is 0 Å². The second kappa shape index (κ2) is 1.71. The van der Waals surface area contributed by atoms with E-state index in [-0.39, 0.29) is 5.44 Å². The third kappa shape index (κ3) is 1.07. The van der Waals surface area contributed by atoms with Crippen LogP contribution in [0.15, 0.2) is 4.99 Å². The summed E-state index contributed by atoms with van der Waals surface area (Å²) in [5, 5.41) is 9.16. The molecule has 7 heavy (non-hydrogen) atoms. The van der Waals surface area contributed by atoms with Gasteiger partial charge in [-0.05, 0) is 0 Å². The van der Waals surface area contributed by atoms with Crippen molar-refractivity contribution >= 4 is 16.9 Å². The highest BCUT2D eigenvalue weighted by Crippen LogP contribution is 2.13. The molecule has 3 N–H and O–H groups in total. The second-order valence-corrected chi connectivity index (χ2v) is 2.45. The van der Waals surface area contributed by atoms with Gasteiger partial charge in [0.25, 0.3) is 0 Å². The van der Waals surface area contributed by atoms with E-state index in [1.807, 2.05) is 0 Å². The number of aliphatic hydroxyl groups excluding tert-OH is 1. The van der Waals surface area contributed by atoms with Crippen LogP contribution in [0.25, 0.3) is 0 Å². The van der Waals surface area contributed by atoms with Crippen LogP contribution in [0.2, 0.25) is 0 Å². The van der Waals surface area contributed by atoms with E-state index in [4.69, 9.17) is 10.8 Å². The first-order valence-corrected chi connectivity index (χ1v) is 2.81. The predicted octanol–water partition coefficient (Wildman–Crippen LogP) is -0.634. The van der Waals surface area contributed by atoms with E-state index >= 15 is 0 Å². The minimum Gasteiger partial charge on any atom is -0.380 e. The maximum Gasteiger partial charge on any atom is 0.156 e. The summed E-state index contributed by atoms with van der Waals surface area (Å²) in [7, 11) is 0. The van der Waals surface area contributed by atoms with E-state index in [9.17, 15) is 0 Å². The summed E-state index contributed by atoms with van der Waals surface area (Å²) >= 11 is 1.20. The molecule has 1 atom stereocenters. The van der Waals surface area contributed by atoms with Crippen molar-refractivity contribution in [2.45, 2.75) is 5.44 Å². The Hall–Kier alpha value is -0.220. The molecule has 1 aliphatic rings. The zero-order chi connectivity index (χ0) is 5.28. The molecule has 0 radical (unpaired) electrons. The van der Waals surface area contributed by atoms with Gasteiger partial charge < -0.3 is 10.8 Å². The number of thioether (sulfide) groups is 1. The summed E-state index contributed by atoms with van der Waals surface area (Å²) in [6, 6.07) is 0. The van der Waals surface area contributed by atoms with Crippen LogP contribution in [0.1, 0.15) is 0 Å². The molecule has 0 saturated heterocycles. The molecule has 1 heterocycles. The normalized spacial score (nSPS) is 30.4. The maximum atomic E-state index is 8.67. The minimum atomic E-state index is -0.389. The summed E-state index contributed by atoms with van der Waals surface area (Å²) in [4.78, 5) is 3.72. The Bertz CT molecular complexity index is 103. The van der Waals surface area contributed by atoms with Gasteiger partial charge in [-0.1, -0.05) is 11.8 Å². The van der Waals surface area contributed by atoms with Crippen molar-refractivity contribution in [3.05, 3.63) is 0 Å². The average Bonchev–Trinajstić information content (AvgIpc) is 1.87. The molecule has 0 bridgehead atoms. The fourth-order valence-corrected chi connectivity index (χ4v) is 0.959. The molecule has 0 aromatic carbocycles. The smallest absolute Gasteiger partial charge is 0.156 e. The van der Waals surface area contributed by atoms with Gasteiger partial charge in [-0.2, -0.15) is 0 Å². The van der Waals surface area contributed by atoms with E-state index in [1.165, 1.54) is 11.8 Å². The molecule has 0 saturated carbocycles. The molecule has 4 heteroatoms. The monoisotopic (exact) mass is 118 g/mol. The van der Waals surface area contributed by atoms with Crippen molar-refractivity contribution in [1.29, 1.82) is 0 Å². The first-order chi connectivity index (χ1) is 3.29. The lowest BCUT2D eigenvalue weighted by Gasteiger charge is -1.91. The molecule has 1 rings (SSSR count). The summed E-state index contributed by atoms with van der Waals surface area (Å²) in [6.45, 7) is 0.455. The predicted molar refractivity (Wildman–Crippen MR) is 30.1 cm³/mol. The molecule has 0 fully saturated rings. The minimum absolute atomic E-state index is 0.389. The molecule has 1 unspecified atom stereocenters.